The largest absolute Gasteiger partial charge is 0.489 e. The van der Waals surface area contributed by atoms with Crippen molar-refractivity contribution in [2.45, 2.75) is 52.3 Å². The first-order chi connectivity index (χ1) is 18.5. The molecule has 1 amide bonds. The smallest absolute Gasteiger partial charge is 0.273 e. The van der Waals surface area contributed by atoms with Gasteiger partial charge in [-0.1, -0.05) is 19.9 Å². The number of nitrogens with two attached hydrogens (primary N) is 1. The molecule has 3 N–H and O–H groups in total. The van der Waals surface area contributed by atoms with Gasteiger partial charge in [0.15, 0.2) is 23.0 Å². The number of oxazole rings is 1. The zero-order valence-electron chi connectivity index (χ0n) is 21.6. The Morgan fingerprint density at radius 3 is 2.63 bits per heavy atom. The first kappa shape index (κ1) is 27.5. The van der Waals surface area contributed by atoms with E-state index < -0.39 is 17.5 Å². The summed E-state index contributed by atoms with van der Waals surface area (Å²) in [5, 5.41) is 2.58. The van der Waals surface area contributed by atoms with Crippen molar-refractivity contribution in [2.24, 2.45) is 11.7 Å². The molecule has 3 aromatic rings. The molecule has 1 unspecified atom stereocenters. The van der Waals surface area contributed by atoms with E-state index in [-0.39, 0.29) is 42.1 Å². The van der Waals surface area contributed by atoms with Crippen molar-refractivity contribution in [1.29, 1.82) is 0 Å². The molecule has 2 fully saturated rings. The van der Waals surface area contributed by atoms with Crippen LogP contribution in [0.4, 0.5) is 8.78 Å². The average molecular weight is 530 g/mol. The molecule has 0 radical (unpaired) electrons. The van der Waals surface area contributed by atoms with Crippen LogP contribution in [0.15, 0.2) is 40.8 Å². The Kier molecular flexibility index (Phi) is 9.30. The van der Waals surface area contributed by atoms with Crippen LogP contribution < -0.4 is 20.5 Å². The van der Waals surface area contributed by atoms with E-state index in [0.717, 1.165) is 31.4 Å². The van der Waals surface area contributed by atoms with E-state index in [2.05, 4.69) is 10.3 Å². The number of ether oxygens (including phenoxy) is 3. The van der Waals surface area contributed by atoms with Gasteiger partial charge in [-0.25, -0.2) is 13.8 Å². The molecule has 10 heteroatoms. The second kappa shape index (κ2) is 12.8. The third-order valence-corrected chi connectivity index (χ3v) is 6.10. The van der Waals surface area contributed by atoms with Crippen LogP contribution in [-0.4, -0.2) is 36.8 Å². The highest BCUT2D eigenvalue weighted by molar-refractivity contribution is 5.93. The molecule has 2 aliphatic rings. The molecular weight excluding hydrogens is 496 g/mol. The minimum absolute atomic E-state index is 0.00102. The van der Waals surface area contributed by atoms with E-state index >= 15 is 0 Å². The van der Waals surface area contributed by atoms with Crippen molar-refractivity contribution in [1.82, 2.24) is 10.3 Å². The van der Waals surface area contributed by atoms with Gasteiger partial charge in [0.05, 0.1) is 26.4 Å². The summed E-state index contributed by atoms with van der Waals surface area (Å²) < 4.78 is 50.4. The molecule has 204 valence electrons. The van der Waals surface area contributed by atoms with E-state index in [1.165, 1.54) is 6.07 Å². The van der Waals surface area contributed by atoms with Gasteiger partial charge < -0.3 is 29.7 Å². The number of hydrogen-bond acceptors (Lipinski definition) is 7. The van der Waals surface area contributed by atoms with Gasteiger partial charge in [0.1, 0.15) is 17.7 Å². The molecule has 2 heterocycles. The number of halogens is 2. The van der Waals surface area contributed by atoms with Gasteiger partial charge in [0.25, 0.3) is 5.91 Å². The third kappa shape index (κ3) is 6.87. The lowest BCUT2D eigenvalue weighted by molar-refractivity contribution is 0.0944. The number of carbonyl (C=O) groups is 1. The van der Waals surface area contributed by atoms with Crippen LogP contribution in [0.1, 0.15) is 54.9 Å². The fraction of sp³-hybridized carbons (Fsp3) is 0.429. The summed E-state index contributed by atoms with van der Waals surface area (Å²) >= 11 is 0. The monoisotopic (exact) mass is 529 g/mol. The molecular formula is C28H33F2N3O5. The van der Waals surface area contributed by atoms with Crippen molar-refractivity contribution >= 4 is 5.91 Å². The highest BCUT2D eigenvalue weighted by Gasteiger charge is 2.25. The molecule has 38 heavy (non-hydrogen) atoms. The van der Waals surface area contributed by atoms with Crippen molar-refractivity contribution < 1.29 is 32.2 Å². The van der Waals surface area contributed by atoms with Crippen molar-refractivity contribution in [3.05, 3.63) is 65.1 Å². The molecule has 0 bridgehead atoms. The van der Waals surface area contributed by atoms with Crippen LogP contribution in [0.25, 0.3) is 11.5 Å². The summed E-state index contributed by atoms with van der Waals surface area (Å²) in [5.41, 5.74) is 6.52. The number of nitrogens with one attached hydrogen (secondary N) is 1. The lowest BCUT2D eigenvalue weighted by Crippen LogP contribution is -2.25. The number of benzene rings is 2. The Morgan fingerprint density at radius 2 is 1.95 bits per heavy atom. The third-order valence-electron chi connectivity index (χ3n) is 6.10. The van der Waals surface area contributed by atoms with Gasteiger partial charge in [0, 0.05) is 30.2 Å². The summed E-state index contributed by atoms with van der Waals surface area (Å²) in [4.78, 5) is 17.1. The molecule has 1 aliphatic heterocycles. The lowest BCUT2D eigenvalue weighted by Gasteiger charge is -2.16. The van der Waals surface area contributed by atoms with E-state index in [1.54, 1.807) is 18.2 Å². The first-order valence-corrected chi connectivity index (χ1v) is 12.9. The molecule has 0 spiro atoms. The first-order valence-electron chi connectivity index (χ1n) is 12.9. The number of rotatable bonds is 10. The van der Waals surface area contributed by atoms with Crippen molar-refractivity contribution in [2.75, 3.05) is 19.8 Å². The van der Waals surface area contributed by atoms with E-state index in [1.807, 2.05) is 13.8 Å². The maximum atomic E-state index is 13.9. The second-order valence-corrected chi connectivity index (χ2v) is 8.93. The predicted octanol–water partition coefficient (Wildman–Crippen LogP) is 4.99. The summed E-state index contributed by atoms with van der Waals surface area (Å²) in [6.07, 6.45) is 3.06. The number of aromatic nitrogens is 1. The Labute approximate surface area is 220 Å². The maximum Gasteiger partial charge on any atom is 0.273 e. The number of amides is 1. The number of nitrogens with zero attached hydrogens (tertiary/aromatic N) is 1. The van der Waals surface area contributed by atoms with Gasteiger partial charge in [0.2, 0.25) is 5.89 Å². The van der Waals surface area contributed by atoms with Gasteiger partial charge in [-0.2, -0.15) is 0 Å². The Hall–Kier alpha value is -3.50. The summed E-state index contributed by atoms with van der Waals surface area (Å²) in [6, 6.07) is 8.50. The van der Waals surface area contributed by atoms with Gasteiger partial charge in [-0.15, -0.1) is 0 Å². The molecule has 1 saturated carbocycles. The molecule has 1 aromatic heterocycles. The van der Waals surface area contributed by atoms with Gasteiger partial charge in [-0.05, 0) is 43.0 Å². The predicted molar refractivity (Wildman–Crippen MR) is 137 cm³/mol. The minimum Gasteiger partial charge on any atom is -0.489 e. The van der Waals surface area contributed by atoms with E-state index in [4.69, 9.17) is 24.4 Å². The van der Waals surface area contributed by atoms with Gasteiger partial charge >= 0.3 is 0 Å². The van der Waals surface area contributed by atoms with Crippen LogP contribution in [0.5, 0.6) is 11.5 Å². The zero-order chi connectivity index (χ0) is 27.1. The summed E-state index contributed by atoms with van der Waals surface area (Å²) in [5.74, 6) is 0.0784. The Bertz CT molecular complexity index is 1240. The minimum atomic E-state index is -0.750. The SMILES string of the molecule is CC.NCc1oc(-c2ccc(OC3CCOC3)c(OCC3CC3)c2)nc1C(=O)NCc1ccc(F)cc1F. The molecule has 1 saturated heterocycles. The highest BCUT2D eigenvalue weighted by atomic mass is 19.1. The molecule has 1 aliphatic carbocycles. The fourth-order valence-electron chi connectivity index (χ4n) is 3.84. The Balaban J connectivity index is 0.00000164. The standard InChI is InChI=1S/C26H27F2N3O5.C2H6/c27-18-5-3-17(20(28)10-18)12-30-25(32)24-23(11-29)36-26(31-24)16-4-6-21(35-19-7-8-33-14-19)22(9-16)34-13-15-1-2-15;1-2/h3-6,9-10,15,19H,1-2,7-8,11-14,29H2,(H,30,32);1-2H3. The van der Waals surface area contributed by atoms with Crippen LogP contribution in [0.2, 0.25) is 0 Å². The van der Waals surface area contributed by atoms with Crippen molar-refractivity contribution in [3.63, 3.8) is 0 Å². The molecule has 5 rings (SSSR count). The highest BCUT2D eigenvalue weighted by Crippen LogP contribution is 2.37. The molecule has 2 aromatic carbocycles. The summed E-state index contributed by atoms with van der Waals surface area (Å²) in [6.45, 7) is 5.58. The van der Waals surface area contributed by atoms with Crippen LogP contribution in [0.3, 0.4) is 0 Å². The van der Waals surface area contributed by atoms with Crippen molar-refractivity contribution in [3.8, 4) is 23.0 Å². The number of carbonyl (C=O) groups excluding carboxylic acids is 1. The van der Waals surface area contributed by atoms with E-state index in [0.29, 0.717) is 42.8 Å². The quantitative estimate of drug-likeness (QED) is 0.381. The number of hydrogen-bond donors (Lipinski definition) is 2. The van der Waals surface area contributed by atoms with Crippen LogP contribution in [0, 0.1) is 17.6 Å². The average Bonchev–Trinajstić information content (AvgIpc) is 3.42. The van der Waals surface area contributed by atoms with Crippen LogP contribution in [-0.2, 0) is 17.8 Å². The fourth-order valence-corrected chi connectivity index (χ4v) is 3.84. The normalized spacial score (nSPS) is 16.5. The lowest BCUT2D eigenvalue weighted by atomic mass is 10.2. The second-order valence-electron chi connectivity index (χ2n) is 8.93. The zero-order valence-corrected chi connectivity index (χ0v) is 21.6. The summed E-state index contributed by atoms with van der Waals surface area (Å²) in [7, 11) is 0. The van der Waals surface area contributed by atoms with E-state index in [9.17, 15) is 13.6 Å². The maximum absolute atomic E-state index is 13.9. The molecule has 1 atom stereocenters. The van der Waals surface area contributed by atoms with Crippen LogP contribution >= 0.6 is 0 Å². The Morgan fingerprint density at radius 1 is 1.13 bits per heavy atom. The van der Waals surface area contributed by atoms with Gasteiger partial charge in [-0.3, -0.25) is 4.79 Å². The molecule has 8 nitrogen and oxygen atoms in total. The topological polar surface area (TPSA) is 109 Å².